The number of carbonyl (C=O) groups is 1. The van der Waals surface area contributed by atoms with Crippen LogP contribution < -0.4 is 0 Å². The first kappa shape index (κ1) is 3.83. The fraction of sp³-hybridized carbons (Fsp3) is 0.125. The summed E-state index contributed by atoms with van der Waals surface area (Å²) in [6.45, 7) is 0. The van der Waals surface area contributed by atoms with E-state index < -0.39 is 6.37 Å². The van der Waals surface area contributed by atoms with Crippen molar-refractivity contribution in [1.82, 2.24) is 0 Å². The fourth-order valence-electron chi connectivity index (χ4n) is 0.602. The minimum atomic E-state index is -1.85. The highest BCUT2D eigenvalue weighted by atomic mass is 16.1. The molecular weight excluding hydrogens is 112 g/mol. The Hall–Kier alpha value is -1.11. The van der Waals surface area contributed by atoms with Crippen molar-refractivity contribution in [2.24, 2.45) is 0 Å². The first-order chi connectivity index (χ1) is 5.17. The Balaban J connectivity index is 3.02. The van der Waals surface area contributed by atoms with Crippen molar-refractivity contribution >= 4 is 6.29 Å². The average molecular weight is 122 g/mol. The second-order valence-electron chi connectivity index (χ2n) is 1.63. The number of hydrogen-bond donors (Lipinski definition) is 0. The normalized spacial score (nSPS) is 13.8. The largest absolute Gasteiger partial charge is 0.303 e. The van der Waals surface area contributed by atoms with Gasteiger partial charge in [-0.15, -0.1) is 0 Å². The molecule has 0 aliphatic heterocycles. The van der Waals surface area contributed by atoms with Crippen LogP contribution in [0.25, 0.3) is 0 Å². The van der Waals surface area contributed by atoms with Gasteiger partial charge in [0.15, 0.2) is 0 Å². The van der Waals surface area contributed by atoms with Crippen molar-refractivity contribution in [2.75, 3.05) is 0 Å². The molecule has 0 spiro atoms. The van der Waals surface area contributed by atoms with Gasteiger partial charge in [-0.25, -0.2) is 0 Å². The van der Waals surface area contributed by atoms with E-state index in [0.717, 1.165) is 0 Å². The standard InChI is InChI=1S/C8H8O/c9-7-6-8-4-2-1-3-5-8/h1-5,7H,6H2/i6D2. The Kier molecular flexibility index (Phi) is 1.29. The van der Waals surface area contributed by atoms with E-state index in [1.807, 2.05) is 0 Å². The molecule has 0 unspecified atom stereocenters. The molecule has 0 aliphatic rings. The molecule has 0 radical (unpaired) electrons. The van der Waals surface area contributed by atoms with Crippen molar-refractivity contribution in [3.63, 3.8) is 0 Å². The van der Waals surface area contributed by atoms with E-state index in [-0.39, 0.29) is 0 Å². The molecule has 0 heterocycles. The maximum Gasteiger partial charge on any atom is 0.124 e. The van der Waals surface area contributed by atoms with Crippen LogP contribution in [0, 0.1) is 0 Å². The zero-order chi connectivity index (χ0) is 8.32. The first-order valence-electron chi connectivity index (χ1n) is 3.69. The molecule has 0 N–H and O–H groups in total. The molecule has 0 saturated carbocycles. The van der Waals surface area contributed by atoms with Gasteiger partial charge in [0.1, 0.15) is 6.29 Å². The average Bonchev–Trinajstić information content (AvgIpc) is 2.06. The molecule has 1 nitrogen and oxygen atoms in total. The third-order valence-corrected chi connectivity index (χ3v) is 0.999. The van der Waals surface area contributed by atoms with Gasteiger partial charge in [-0.3, -0.25) is 0 Å². The predicted molar refractivity (Wildman–Crippen MR) is 36.2 cm³/mol. The predicted octanol–water partition coefficient (Wildman–Crippen LogP) is 1.43. The number of benzene rings is 1. The molecule has 0 bridgehead atoms. The quantitative estimate of drug-likeness (QED) is 0.542. The lowest BCUT2D eigenvalue weighted by Gasteiger charge is -1.89. The van der Waals surface area contributed by atoms with Crippen LogP contribution >= 0.6 is 0 Å². The maximum absolute atomic E-state index is 10.3. The topological polar surface area (TPSA) is 17.1 Å². The molecule has 1 rings (SSSR count). The van der Waals surface area contributed by atoms with Gasteiger partial charge < -0.3 is 4.79 Å². The molecule has 0 fully saturated rings. The molecule has 1 heteroatoms. The Labute approximate surface area is 57.1 Å². The molecule has 0 aromatic heterocycles. The summed E-state index contributed by atoms with van der Waals surface area (Å²) in [6, 6.07) is 8.38. The van der Waals surface area contributed by atoms with Gasteiger partial charge in [-0.1, -0.05) is 30.3 Å². The van der Waals surface area contributed by atoms with E-state index in [4.69, 9.17) is 2.74 Å². The van der Waals surface area contributed by atoms with Crippen LogP contribution in [0.2, 0.25) is 0 Å². The Bertz CT molecular complexity index is 244. The Morgan fingerprint density at radius 1 is 1.44 bits per heavy atom. The summed E-state index contributed by atoms with van der Waals surface area (Å²) < 4.78 is 14.4. The van der Waals surface area contributed by atoms with Gasteiger partial charge in [0.05, 0.1) is 0 Å². The van der Waals surface area contributed by atoms with E-state index >= 15 is 0 Å². The first-order valence-corrected chi connectivity index (χ1v) is 2.69. The number of hydrogen-bond acceptors (Lipinski definition) is 1. The van der Waals surface area contributed by atoms with E-state index in [1.54, 1.807) is 30.3 Å². The minimum absolute atomic E-state index is 0.308. The molecule has 46 valence electrons. The summed E-state index contributed by atoms with van der Waals surface area (Å²) in [7, 11) is 0. The van der Waals surface area contributed by atoms with Gasteiger partial charge in [-0.2, -0.15) is 0 Å². The molecule has 9 heavy (non-hydrogen) atoms. The fourth-order valence-corrected chi connectivity index (χ4v) is 0.602. The van der Waals surface area contributed by atoms with Gasteiger partial charge >= 0.3 is 0 Å². The lowest BCUT2D eigenvalue weighted by atomic mass is 10.2. The second-order valence-corrected chi connectivity index (χ2v) is 1.63. The van der Waals surface area contributed by atoms with E-state index in [2.05, 4.69) is 0 Å². The number of aldehydes is 1. The number of rotatable bonds is 2. The van der Waals surface area contributed by atoms with E-state index in [9.17, 15) is 4.79 Å². The monoisotopic (exact) mass is 122 g/mol. The summed E-state index contributed by atoms with van der Waals surface area (Å²) in [5.41, 5.74) is 0.398. The molecule has 0 saturated heterocycles. The third-order valence-electron chi connectivity index (χ3n) is 0.999. The van der Waals surface area contributed by atoms with Gasteiger partial charge in [0.25, 0.3) is 0 Å². The minimum Gasteiger partial charge on any atom is -0.303 e. The third kappa shape index (κ3) is 1.68. The van der Waals surface area contributed by atoms with Crippen molar-refractivity contribution < 1.29 is 7.54 Å². The highest BCUT2D eigenvalue weighted by Gasteiger charge is 1.84. The number of carbonyl (C=O) groups excluding carboxylic acids is 1. The van der Waals surface area contributed by atoms with Crippen molar-refractivity contribution in [1.29, 1.82) is 0 Å². The van der Waals surface area contributed by atoms with Crippen LogP contribution in [-0.2, 0) is 11.2 Å². The van der Waals surface area contributed by atoms with Crippen molar-refractivity contribution in [2.45, 2.75) is 6.37 Å². The Morgan fingerprint density at radius 2 is 2.11 bits per heavy atom. The van der Waals surface area contributed by atoms with E-state index in [1.165, 1.54) is 0 Å². The summed E-state index contributed by atoms with van der Waals surface area (Å²) in [5.74, 6) is 0. The SMILES string of the molecule is [2H]C([2H])(C=O)c1ccccc1. The maximum atomic E-state index is 10.3. The van der Waals surface area contributed by atoms with Crippen LogP contribution in [0.15, 0.2) is 30.3 Å². The summed E-state index contributed by atoms with van der Waals surface area (Å²) >= 11 is 0. The zero-order valence-electron chi connectivity index (χ0n) is 6.87. The molecule has 0 amide bonds. The molecule has 0 atom stereocenters. The summed E-state index contributed by atoms with van der Waals surface area (Å²) in [6.07, 6.45) is -1.54. The molecule has 1 aromatic carbocycles. The summed E-state index contributed by atoms with van der Waals surface area (Å²) in [5, 5.41) is 0. The van der Waals surface area contributed by atoms with Crippen molar-refractivity contribution in [3.05, 3.63) is 35.9 Å². The smallest absolute Gasteiger partial charge is 0.124 e. The van der Waals surface area contributed by atoms with E-state index in [0.29, 0.717) is 11.8 Å². The van der Waals surface area contributed by atoms with Crippen molar-refractivity contribution in [3.8, 4) is 0 Å². The molecular formula is C8H8O. The summed E-state index contributed by atoms with van der Waals surface area (Å²) in [4.78, 5) is 10.3. The van der Waals surface area contributed by atoms with Crippen LogP contribution in [0.5, 0.6) is 0 Å². The second kappa shape index (κ2) is 3.02. The van der Waals surface area contributed by atoms with Gasteiger partial charge in [-0.05, 0) is 5.56 Å². The van der Waals surface area contributed by atoms with Crippen LogP contribution in [0.4, 0.5) is 0 Å². The lowest BCUT2D eigenvalue weighted by molar-refractivity contribution is -0.107. The molecule has 1 aromatic rings. The van der Waals surface area contributed by atoms with Crippen LogP contribution in [0.1, 0.15) is 8.30 Å². The van der Waals surface area contributed by atoms with Gasteiger partial charge in [0.2, 0.25) is 0 Å². The van der Waals surface area contributed by atoms with Crippen LogP contribution in [-0.4, -0.2) is 6.29 Å². The highest BCUT2D eigenvalue weighted by molar-refractivity contribution is 5.54. The highest BCUT2D eigenvalue weighted by Crippen LogP contribution is 1.96. The van der Waals surface area contributed by atoms with Crippen LogP contribution in [0.3, 0.4) is 0 Å². The van der Waals surface area contributed by atoms with Gasteiger partial charge in [0, 0.05) is 9.11 Å². The lowest BCUT2D eigenvalue weighted by Crippen LogP contribution is -1.82. The molecule has 0 aliphatic carbocycles. The Morgan fingerprint density at radius 3 is 2.67 bits per heavy atom. The zero-order valence-corrected chi connectivity index (χ0v) is 4.87.